The van der Waals surface area contributed by atoms with Crippen molar-refractivity contribution in [1.29, 1.82) is 0 Å². The monoisotopic (exact) mass is 440 g/mol. The van der Waals surface area contributed by atoms with Crippen LogP contribution >= 0.6 is 0 Å². The third-order valence-electron chi connectivity index (χ3n) is 4.05. The Morgan fingerprint density at radius 1 is 1.16 bits per heavy atom. The standard InChI is InChI=1S/C19H24N2O10/c1-11(2)31-19(24)17(21(27)28)16(13-6-5-7-14(10-13)20(25)26)15(12(3)22)18(23)30-9-8-29-4/h5-7,10-11,15-16,24H,8-9H2,1-4H3. The van der Waals surface area contributed by atoms with E-state index in [4.69, 9.17) is 14.2 Å². The van der Waals surface area contributed by atoms with Crippen molar-refractivity contribution < 1.29 is 38.8 Å². The summed E-state index contributed by atoms with van der Waals surface area (Å²) in [6.45, 7) is 3.80. The SMILES string of the molecule is COCCOC(=O)C(C(C)=O)C(C(=C(O)OC(C)C)[N+](=O)[O-])c1cccc([N+](=O)[O-])c1. The van der Waals surface area contributed by atoms with E-state index in [1.54, 1.807) is 0 Å². The maximum Gasteiger partial charge on any atom is 0.354 e. The zero-order chi connectivity index (χ0) is 23.7. The van der Waals surface area contributed by atoms with E-state index in [2.05, 4.69) is 0 Å². The molecule has 31 heavy (non-hydrogen) atoms. The molecule has 2 atom stereocenters. The molecule has 0 saturated carbocycles. The van der Waals surface area contributed by atoms with Gasteiger partial charge in [-0.05, 0) is 26.3 Å². The van der Waals surface area contributed by atoms with Crippen LogP contribution < -0.4 is 0 Å². The summed E-state index contributed by atoms with van der Waals surface area (Å²) in [7, 11) is 1.36. The highest BCUT2D eigenvalue weighted by molar-refractivity contribution is 5.99. The number of nitro benzene ring substituents is 1. The number of carbonyl (C=O) groups is 2. The largest absolute Gasteiger partial charge is 0.476 e. The van der Waals surface area contributed by atoms with Crippen LogP contribution in [0.15, 0.2) is 35.9 Å². The van der Waals surface area contributed by atoms with Crippen LogP contribution in [0.5, 0.6) is 0 Å². The molecule has 0 aliphatic heterocycles. The van der Waals surface area contributed by atoms with E-state index in [1.165, 1.54) is 33.1 Å². The molecular weight excluding hydrogens is 416 g/mol. The van der Waals surface area contributed by atoms with Crippen molar-refractivity contribution in [2.75, 3.05) is 20.3 Å². The van der Waals surface area contributed by atoms with E-state index in [-0.39, 0.29) is 18.8 Å². The highest BCUT2D eigenvalue weighted by Crippen LogP contribution is 2.37. The Kier molecular flexibility index (Phi) is 9.54. The summed E-state index contributed by atoms with van der Waals surface area (Å²) in [4.78, 5) is 46.4. The van der Waals surface area contributed by atoms with Crippen LogP contribution in [-0.2, 0) is 23.8 Å². The fraction of sp³-hybridized carbons (Fsp3) is 0.474. The molecule has 12 nitrogen and oxygen atoms in total. The van der Waals surface area contributed by atoms with Gasteiger partial charge in [-0.2, -0.15) is 0 Å². The molecule has 1 N–H and O–H groups in total. The lowest BCUT2D eigenvalue weighted by Gasteiger charge is -2.23. The predicted molar refractivity (Wildman–Crippen MR) is 106 cm³/mol. The minimum atomic E-state index is -1.78. The first kappa shape index (κ1) is 25.5. The Morgan fingerprint density at radius 3 is 2.29 bits per heavy atom. The lowest BCUT2D eigenvalue weighted by atomic mass is 9.81. The van der Waals surface area contributed by atoms with Gasteiger partial charge in [0, 0.05) is 19.2 Å². The molecule has 0 radical (unpaired) electrons. The Labute approximate surface area is 177 Å². The third kappa shape index (κ3) is 7.03. The summed E-state index contributed by atoms with van der Waals surface area (Å²) in [6, 6.07) is 4.63. The number of nitrogens with zero attached hydrogens (tertiary/aromatic N) is 2. The van der Waals surface area contributed by atoms with E-state index in [0.29, 0.717) is 0 Å². The number of aliphatic hydroxyl groups is 1. The number of rotatable bonds is 12. The highest BCUT2D eigenvalue weighted by atomic mass is 16.6. The molecule has 0 amide bonds. The van der Waals surface area contributed by atoms with Crippen molar-refractivity contribution >= 4 is 17.4 Å². The molecule has 0 aromatic heterocycles. The number of carbonyl (C=O) groups excluding carboxylic acids is 2. The number of esters is 1. The molecule has 0 heterocycles. The number of methoxy groups -OCH3 is 1. The summed E-state index contributed by atoms with van der Waals surface area (Å²) >= 11 is 0. The van der Waals surface area contributed by atoms with Crippen LogP contribution in [0.1, 0.15) is 32.3 Å². The molecular formula is C19H24N2O10. The number of nitro groups is 2. The summed E-state index contributed by atoms with van der Waals surface area (Å²) in [6.07, 6.45) is -0.676. The molecule has 2 unspecified atom stereocenters. The van der Waals surface area contributed by atoms with Crippen LogP contribution in [0.4, 0.5) is 5.69 Å². The second-order valence-electron chi connectivity index (χ2n) is 6.69. The smallest absolute Gasteiger partial charge is 0.354 e. The van der Waals surface area contributed by atoms with E-state index in [1.807, 2.05) is 0 Å². The fourth-order valence-electron chi connectivity index (χ4n) is 2.80. The van der Waals surface area contributed by atoms with E-state index in [0.717, 1.165) is 19.1 Å². The number of hydrogen-bond acceptors (Lipinski definition) is 10. The molecule has 1 aromatic rings. The van der Waals surface area contributed by atoms with Gasteiger partial charge in [0.25, 0.3) is 5.69 Å². The lowest BCUT2D eigenvalue weighted by Crippen LogP contribution is -2.34. The average molecular weight is 440 g/mol. The first-order valence-corrected chi connectivity index (χ1v) is 9.15. The molecule has 1 aromatic carbocycles. The maximum atomic E-state index is 12.7. The minimum Gasteiger partial charge on any atom is -0.476 e. The number of ether oxygens (including phenoxy) is 3. The predicted octanol–water partition coefficient (Wildman–Crippen LogP) is 2.50. The summed E-state index contributed by atoms with van der Waals surface area (Å²) < 4.78 is 14.8. The van der Waals surface area contributed by atoms with Gasteiger partial charge in [0.15, 0.2) is 0 Å². The Balaban J connectivity index is 3.73. The third-order valence-corrected chi connectivity index (χ3v) is 4.05. The van der Waals surface area contributed by atoms with Crippen molar-refractivity contribution in [2.45, 2.75) is 32.8 Å². The van der Waals surface area contributed by atoms with Gasteiger partial charge in [0.05, 0.1) is 22.6 Å². The van der Waals surface area contributed by atoms with Crippen LogP contribution in [0, 0.1) is 26.1 Å². The molecule has 0 bridgehead atoms. The van der Waals surface area contributed by atoms with Gasteiger partial charge in [-0.3, -0.25) is 29.8 Å². The zero-order valence-electron chi connectivity index (χ0n) is 17.5. The second kappa shape index (κ2) is 11.6. The van der Waals surface area contributed by atoms with Gasteiger partial charge in [0.1, 0.15) is 24.2 Å². The number of non-ortho nitro benzene ring substituents is 1. The first-order valence-electron chi connectivity index (χ1n) is 9.15. The Hall–Kier alpha value is -3.54. The van der Waals surface area contributed by atoms with Gasteiger partial charge in [-0.1, -0.05) is 12.1 Å². The van der Waals surface area contributed by atoms with Crippen LogP contribution in [0.25, 0.3) is 0 Å². The van der Waals surface area contributed by atoms with E-state index >= 15 is 0 Å². The van der Waals surface area contributed by atoms with Crippen LogP contribution in [-0.4, -0.2) is 53.1 Å². The lowest BCUT2D eigenvalue weighted by molar-refractivity contribution is -0.437. The van der Waals surface area contributed by atoms with Gasteiger partial charge < -0.3 is 19.3 Å². The number of aliphatic hydroxyl groups excluding tert-OH is 1. The first-order chi connectivity index (χ1) is 14.5. The van der Waals surface area contributed by atoms with Crippen LogP contribution in [0.2, 0.25) is 0 Å². The Bertz CT molecular complexity index is 865. The second-order valence-corrected chi connectivity index (χ2v) is 6.69. The molecule has 1 rings (SSSR count). The van der Waals surface area contributed by atoms with Crippen molar-refractivity contribution in [1.82, 2.24) is 0 Å². The van der Waals surface area contributed by atoms with Gasteiger partial charge >= 0.3 is 17.6 Å². The normalized spacial score (nSPS) is 13.7. The van der Waals surface area contributed by atoms with Gasteiger partial charge in [-0.25, -0.2) is 0 Å². The van der Waals surface area contributed by atoms with Crippen molar-refractivity contribution in [2.24, 2.45) is 5.92 Å². The van der Waals surface area contributed by atoms with E-state index in [9.17, 15) is 34.9 Å². The highest BCUT2D eigenvalue weighted by Gasteiger charge is 2.46. The van der Waals surface area contributed by atoms with Crippen LogP contribution in [0.3, 0.4) is 0 Å². The molecule has 0 saturated heterocycles. The minimum absolute atomic E-state index is 0.0114. The molecule has 12 heteroatoms. The summed E-state index contributed by atoms with van der Waals surface area (Å²) in [5.74, 6) is -6.54. The maximum absolute atomic E-state index is 12.7. The van der Waals surface area contributed by atoms with E-state index < -0.39 is 56.9 Å². The van der Waals surface area contributed by atoms with Crippen molar-refractivity contribution in [3.63, 3.8) is 0 Å². The number of ketones is 1. The summed E-state index contributed by atoms with van der Waals surface area (Å²) in [5, 5.41) is 33.3. The van der Waals surface area contributed by atoms with Crippen molar-refractivity contribution in [3.8, 4) is 0 Å². The number of hydrogen-bond donors (Lipinski definition) is 1. The van der Waals surface area contributed by atoms with Crippen molar-refractivity contribution in [3.05, 3.63) is 61.7 Å². The fourth-order valence-corrected chi connectivity index (χ4v) is 2.80. The molecule has 0 aliphatic rings. The summed E-state index contributed by atoms with van der Waals surface area (Å²) in [5.41, 5.74) is -1.55. The molecule has 0 fully saturated rings. The molecule has 170 valence electrons. The Morgan fingerprint density at radius 2 is 1.81 bits per heavy atom. The number of allylic oxidation sites excluding steroid dienone is 1. The van der Waals surface area contributed by atoms with Gasteiger partial charge in [0.2, 0.25) is 0 Å². The topological polar surface area (TPSA) is 168 Å². The zero-order valence-corrected chi connectivity index (χ0v) is 17.5. The quantitative estimate of drug-likeness (QED) is 0.127. The molecule has 0 spiro atoms. The molecule has 0 aliphatic carbocycles. The number of benzene rings is 1. The number of Topliss-reactive ketones (excluding diaryl/α,β-unsaturated/α-hetero) is 1. The van der Waals surface area contributed by atoms with Gasteiger partial charge in [-0.15, -0.1) is 0 Å². The average Bonchev–Trinajstić information content (AvgIpc) is 2.66.